The minimum Gasteiger partial charge on any atom is -0.459 e. The van der Waals surface area contributed by atoms with E-state index in [-0.39, 0.29) is 17.6 Å². The van der Waals surface area contributed by atoms with Gasteiger partial charge in [0.05, 0.1) is 17.5 Å². The molecular formula is C20H16N2O3. The fourth-order valence-corrected chi connectivity index (χ4v) is 3.06. The van der Waals surface area contributed by atoms with E-state index in [1.54, 1.807) is 41.3 Å². The van der Waals surface area contributed by atoms with Crippen molar-refractivity contribution in [2.45, 2.75) is 6.42 Å². The van der Waals surface area contributed by atoms with E-state index >= 15 is 0 Å². The van der Waals surface area contributed by atoms with Gasteiger partial charge in [0, 0.05) is 12.2 Å². The van der Waals surface area contributed by atoms with E-state index in [0.29, 0.717) is 17.8 Å². The molecule has 2 amide bonds. The van der Waals surface area contributed by atoms with Gasteiger partial charge in [-0.1, -0.05) is 30.3 Å². The van der Waals surface area contributed by atoms with Crippen LogP contribution in [-0.4, -0.2) is 18.4 Å². The van der Waals surface area contributed by atoms with Crippen molar-refractivity contribution in [1.29, 1.82) is 0 Å². The average Bonchev–Trinajstić information content (AvgIpc) is 3.31. The van der Waals surface area contributed by atoms with Crippen molar-refractivity contribution in [2.75, 3.05) is 16.8 Å². The Kier molecular flexibility index (Phi) is 3.82. The van der Waals surface area contributed by atoms with Crippen LogP contribution >= 0.6 is 0 Å². The Balaban J connectivity index is 1.63. The number of fused-ring (bicyclic) bond motifs is 1. The molecule has 124 valence electrons. The number of hydrogen-bond donors (Lipinski definition) is 1. The van der Waals surface area contributed by atoms with Crippen molar-refractivity contribution >= 4 is 23.2 Å². The molecule has 0 saturated heterocycles. The number of furan rings is 1. The third kappa shape index (κ3) is 2.80. The summed E-state index contributed by atoms with van der Waals surface area (Å²) in [6.45, 7) is 0.638. The zero-order chi connectivity index (χ0) is 17.2. The van der Waals surface area contributed by atoms with Gasteiger partial charge in [-0.05, 0) is 42.3 Å². The molecule has 25 heavy (non-hydrogen) atoms. The molecule has 4 rings (SSSR count). The zero-order valence-corrected chi connectivity index (χ0v) is 13.4. The lowest BCUT2D eigenvalue weighted by molar-refractivity contribution is 0.0990. The van der Waals surface area contributed by atoms with E-state index in [2.05, 4.69) is 5.32 Å². The molecule has 5 heteroatoms. The lowest BCUT2D eigenvalue weighted by atomic mass is 10.1. The predicted octanol–water partition coefficient (Wildman–Crippen LogP) is 3.73. The van der Waals surface area contributed by atoms with Crippen LogP contribution in [0.4, 0.5) is 11.4 Å². The van der Waals surface area contributed by atoms with Gasteiger partial charge in [0.15, 0.2) is 5.76 Å². The maximum Gasteiger partial charge on any atom is 0.291 e. The Bertz CT molecular complexity index is 932. The largest absolute Gasteiger partial charge is 0.459 e. The molecule has 0 radical (unpaired) electrons. The molecule has 0 spiro atoms. The Morgan fingerprint density at radius 3 is 2.60 bits per heavy atom. The van der Waals surface area contributed by atoms with Crippen molar-refractivity contribution in [1.82, 2.24) is 0 Å². The third-order valence-corrected chi connectivity index (χ3v) is 4.28. The average molecular weight is 332 g/mol. The second-order valence-corrected chi connectivity index (χ2v) is 5.81. The molecule has 0 saturated carbocycles. The monoisotopic (exact) mass is 332 g/mol. The van der Waals surface area contributed by atoms with Crippen LogP contribution in [0.25, 0.3) is 0 Å². The number of benzene rings is 2. The molecule has 0 aliphatic carbocycles. The van der Waals surface area contributed by atoms with Crippen molar-refractivity contribution in [3.63, 3.8) is 0 Å². The standard InChI is InChI=1S/C20H16N2O3/c23-19(18-10-5-13-25-18)21-16-8-3-2-7-15(16)20(24)22-12-11-14-6-1-4-9-17(14)22/h1-10,13H,11-12H2,(H,21,23). The highest BCUT2D eigenvalue weighted by atomic mass is 16.3. The van der Waals surface area contributed by atoms with Crippen molar-refractivity contribution in [3.8, 4) is 0 Å². The van der Waals surface area contributed by atoms with E-state index < -0.39 is 0 Å². The van der Waals surface area contributed by atoms with Crippen LogP contribution in [0, 0.1) is 0 Å². The highest BCUT2D eigenvalue weighted by Gasteiger charge is 2.27. The van der Waals surface area contributed by atoms with Crippen LogP contribution in [0.1, 0.15) is 26.5 Å². The summed E-state index contributed by atoms with van der Waals surface area (Å²) in [6, 6.07) is 18.1. The fraction of sp³-hybridized carbons (Fsp3) is 0.100. The summed E-state index contributed by atoms with van der Waals surface area (Å²) in [5.74, 6) is -0.305. The number of para-hydroxylation sites is 2. The second kappa shape index (κ2) is 6.28. The Hall–Kier alpha value is -3.34. The number of hydrogen-bond acceptors (Lipinski definition) is 3. The lowest BCUT2D eigenvalue weighted by Gasteiger charge is -2.19. The maximum absolute atomic E-state index is 13.0. The van der Waals surface area contributed by atoms with Gasteiger partial charge in [0.2, 0.25) is 0 Å². The highest BCUT2D eigenvalue weighted by molar-refractivity contribution is 6.13. The number of nitrogens with zero attached hydrogens (tertiary/aromatic N) is 1. The summed E-state index contributed by atoms with van der Waals surface area (Å²) < 4.78 is 5.11. The van der Waals surface area contributed by atoms with Crippen LogP contribution in [0.5, 0.6) is 0 Å². The van der Waals surface area contributed by atoms with E-state index in [9.17, 15) is 9.59 Å². The summed E-state index contributed by atoms with van der Waals surface area (Å²) in [6.07, 6.45) is 2.27. The number of carbonyl (C=O) groups excluding carboxylic acids is 2. The quantitative estimate of drug-likeness (QED) is 0.795. The molecule has 1 aliphatic rings. The molecule has 5 nitrogen and oxygen atoms in total. The first-order chi connectivity index (χ1) is 12.2. The summed E-state index contributed by atoms with van der Waals surface area (Å²) in [5, 5.41) is 2.76. The second-order valence-electron chi connectivity index (χ2n) is 5.81. The predicted molar refractivity (Wildman–Crippen MR) is 94.9 cm³/mol. The maximum atomic E-state index is 13.0. The fourth-order valence-electron chi connectivity index (χ4n) is 3.06. The van der Waals surface area contributed by atoms with Gasteiger partial charge >= 0.3 is 0 Å². The van der Waals surface area contributed by atoms with Crippen molar-refractivity contribution in [2.24, 2.45) is 0 Å². The molecule has 0 bridgehead atoms. The van der Waals surface area contributed by atoms with Crippen LogP contribution in [0.3, 0.4) is 0 Å². The first-order valence-electron chi connectivity index (χ1n) is 8.08. The zero-order valence-electron chi connectivity index (χ0n) is 13.4. The first kappa shape index (κ1) is 15.2. The van der Waals surface area contributed by atoms with Crippen LogP contribution < -0.4 is 10.2 Å². The summed E-state index contributed by atoms with van der Waals surface area (Å²) in [7, 11) is 0. The number of rotatable bonds is 3. The molecule has 1 aliphatic heterocycles. The smallest absolute Gasteiger partial charge is 0.291 e. The van der Waals surface area contributed by atoms with Gasteiger partial charge in [-0.3, -0.25) is 9.59 Å². The van der Waals surface area contributed by atoms with Crippen LogP contribution in [0.2, 0.25) is 0 Å². The summed E-state index contributed by atoms with van der Waals surface area (Å²) in [5.41, 5.74) is 3.02. The molecule has 2 heterocycles. The van der Waals surface area contributed by atoms with Gasteiger partial charge in [-0.25, -0.2) is 0 Å². The van der Waals surface area contributed by atoms with Gasteiger partial charge in [-0.15, -0.1) is 0 Å². The van der Waals surface area contributed by atoms with Gasteiger partial charge in [0.1, 0.15) is 0 Å². The number of carbonyl (C=O) groups is 2. The molecular weight excluding hydrogens is 316 g/mol. The molecule has 2 aromatic carbocycles. The summed E-state index contributed by atoms with van der Waals surface area (Å²) in [4.78, 5) is 27.0. The topological polar surface area (TPSA) is 62.6 Å². The Labute approximate surface area is 144 Å². The molecule has 1 aromatic heterocycles. The van der Waals surface area contributed by atoms with E-state index in [0.717, 1.165) is 17.7 Å². The molecule has 0 fully saturated rings. The van der Waals surface area contributed by atoms with E-state index in [1.807, 2.05) is 24.3 Å². The minimum absolute atomic E-state index is 0.125. The Morgan fingerprint density at radius 1 is 0.960 bits per heavy atom. The van der Waals surface area contributed by atoms with E-state index in [4.69, 9.17) is 4.42 Å². The van der Waals surface area contributed by atoms with Crippen molar-refractivity contribution in [3.05, 3.63) is 83.8 Å². The Morgan fingerprint density at radius 2 is 1.76 bits per heavy atom. The van der Waals surface area contributed by atoms with Crippen molar-refractivity contribution < 1.29 is 14.0 Å². The first-order valence-corrected chi connectivity index (χ1v) is 8.08. The van der Waals surface area contributed by atoms with Gasteiger partial charge in [-0.2, -0.15) is 0 Å². The SMILES string of the molecule is O=C(Nc1ccccc1C(=O)N1CCc2ccccc21)c1ccco1. The van der Waals surface area contributed by atoms with Crippen LogP contribution in [-0.2, 0) is 6.42 Å². The normalized spacial score (nSPS) is 12.7. The minimum atomic E-state index is -0.382. The van der Waals surface area contributed by atoms with Crippen LogP contribution in [0.15, 0.2) is 71.3 Å². The number of amides is 2. The number of anilines is 2. The van der Waals surface area contributed by atoms with Gasteiger partial charge < -0.3 is 14.6 Å². The molecule has 1 N–H and O–H groups in total. The summed E-state index contributed by atoms with van der Waals surface area (Å²) >= 11 is 0. The molecule has 0 atom stereocenters. The lowest BCUT2D eigenvalue weighted by Crippen LogP contribution is -2.30. The molecule has 0 unspecified atom stereocenters. The molecule has 3 aromatic rings. The van der Waals surface area contributed by atoms with Gasteiger partial charge in [0.25, 0.3) is 11.8 Å². The third-order valence-electron chi connectivity index (χ3n) is 4.28. The highest BCUT2D eigenvalue weighted by Crippen LogP contribution is 2.30. The number of nitrogens with one attached hydrogen (secondary N) is 1. The van der Waals surface area contributed by atoms with E-state index in [1.165, 1.54) is 6.26 Å².